The molecule has 2 aliphatic heterocycles. The summed E-state index contributed by atoms with van der Waals surface area (Å²) in [5.74, 6) is -0.275. The summed E-state index contributed by atoms with van der Waals surface area (Å²) in [6, 6.07) is 11.0. The highest BCUT2D eigenvalue weighted by Crippen LogP contribution is 2.40. The number of hydrogen-bond donors (Lipinski definition) is 1. The molecule has 0 unspecified atom stereocenters. The zero-order valence-corrected chi connectivity index (χ0v) is 21.4. The lowest BCUT2D eigenvalue weighted by Gasteiger charge is -2.31. The summed E-state index contributed by atoms with van der Waals surface area (Å²) in [4.78, 5) is 27.8. The van der Waals surface area contributed by atoms with Gasteiger partial charge in [-0.25, -0.2) is 8.42 Å². The maximum absolute atomic E-state index is 13.5. The molecule has 186 valence electrons. The summed E-state index contributed by atoms with van der Waals surface area (Å²) in [5.41, 5.74) is 4.53. The van der Waals surface area contributed by atoms with Gasteiger partial charge in [-0.2, -0.15) is 4.31 Å². The summed E-state index contributed by atoms with van der Waals surface area (Å²) in [7, 11) is -3.75. The van der Waals surface area contributed by atoms with E-state index < -0.39 is 15.9 Å². The van der Waals surface area contributed by atoms with Gasteiger partial charge in [-0.1, -0.05) is 12.1 Å². The third-order valence-electron chi connectivity index (χ3n) is 7.47. The van der Waals surface area contributed by atoms with Gasteiger partial charge in [0.15, 0.2) is 0 Å². The van der Waals surface area contributed by atoms with E-state index in [9.17, 15) is 18.0 Å². The van der Waals surface area contributed by atoms with E-state index in [4.69, 9.17) is 0 Å². The van der Waals surface area contributed by atoms with E-state index in [1.54, 1.807) is 18.2 Å². The molecule has 0 aromatic heterocycles. The summed E-state index contributed by atoms with van der Waals surface area (Å²) >= 11 is 0. The van der Waals surface area contributed by atoms with Crippen LogP contribution in [-0.4, -0.2) is 43.7 Å². The highest BCUT2D eigenvalue weighted by atomic mass is 32.2. The molecule has 35 heavy (non-hydrogen) atoms. The number of aryl methyl sites for hydroxylation is 2. The Morgan fingerprint density at radius 1 is 1.00 bits per heavy atom. The normalized spacial score (nSPS) is 22.7. The van der Waals surface area contributed by atoms with E-state index in [0.717, 1.165) is 40.9 Å². The number of fused-ring (bicyclic) bond motifs is 1. The van der Waals surface area contributed by atoms with Crippen molar-refractivity contribution >= 4 is 33.2 Å². The topological polar surface area (TPSA) is 86.8 Å². The van der Waals surface area contributed by atoms with Crippen LogP contribution in [0.3, 0.4) is 0 Å². The smallest absolute Gasteiger partial charge is 0.243 e. The fourth-order valence-electron chi connectivity index (χ4n) is 5.26. The van der Waals surface area contributed by atoms with E-state index in [1.165, 1.54) is 4.31 Å². The van der Waals surface area contributed by atoms with Crippen molar-refractivity contribution in [2.24, 2.45) is 11.8 Å². The predicted molar refractivity (Wildman–Crippen MR) is 136 cm³/mol. The number of amides is 2. The van der Waals surface area contributed by atoms with Gasteiger partial charge in [-0.3, -0.25) is 9.59 Å². The number of rotatable bonds is 5. The third-order valence-corrected chi connectivity index (χ3v) is 9.34. The first-order valence-electron chi connectivity index (χ1n) is 12.5. The lowest BCUT2D eigenvalue weighted by molar-refractivity contribution is -0.121. The number of piperidine rings is 1. The average Bonchev–Trinajstić information content (AvgIpc) is 3.63. The molecule has 7 nitrogen and oxygen atoms in total. The molecule has 0 spiro atoms. The van der Waals surface area contributed by atoms with Gasteiger partial charge in [0.05, 0.1) is 10.8 Å². The Morgan fingerprint density at radius 3 is 2.51 bits per heavy atom. The number of benzene rings is 2. The molecule has 2 aromatic carbocycles. The Hall–Kier alpha value is -2.71. The fourth-order valence-corrected chi connectivity index (χ4v) is 6.83. The standard InChI is InChI=1S/C27H33N3O4S/c1-17-6-7-18(2)24(13-17)28-26(31)21-5-4-12-29(16-21)35(33,34)23-10-11-25-22(15-23)14-19(3)30(25)27(32)20-8-9-20/h6-7,10-11,13,15,19-21H,4-5,8-9,12,14,16H2,1-3H3,(H,28,31)/t19-,21+/m0/s1. The van der Waals surface area contributed by atoms with Gasteiger partial charge in [0, 0.05) is 36.4 Å². The van der Waals surface area contributed by atoms with Gasteiger partial charge in [-0.15, -0.1) is 0 Å². The zero-order valence-electron chi connectivity index (χ0n) is 20.6. The molecule has 2 amide bonds. The summed E-state index contributed by atoms with van der Waals surface area (Å²) in [6.07, 6.45) is 3.82. The lowest BCUT2D eigenvalue weighted by Crippen LogP contribution is -2.43. The van der Waals surface area contributed by atoms with Crippen LogP contribution < -0.4 is 10.2 Å². The van der Waals surface area contributed by atoms with Gasteiger partial charge >= 0.3 is 0 Å². The van der Waals surface area contributed by atoms with Gasteiger partial charge in [0.1, 0.15) is 0 Å². The van der Waals surface area contributed by atoms with Crippen LogP contribution in [0.15, 0.2) is 41.3 Å². The largest absolute Gasteiger partial charge is 0.326 e. The van der Waals surface area contributed by atoms with Crippen molar-refractivity contribution in [1.82, 2.24) is 4.31 Å². The molecule has 1 saturated carbocycles. The van der Waals surface area contributed by atoms with Crippen LogP contribution in [0.4, 0.5) is 11.4 Å². The summed E-state index contributed by atoms with van der Waals surface area (Å²) in [6.45, 7) is 6.50. The number of carbonyl (C=O) groups excluding carboxylic acids is 2. The van der Waals surface area contributed by atoms with E-state index in [2.05, 4.69) is 5.32 Å². The third kappa shape index (κ3) is 4.61. The predicted octanol–water partition coefficient (Wildman–Crippen LogP) is 4.03. The van der Waals surface area contributed by atoms with Crippen molar-refractivity contribution in [2.45, 2.75) is 63.8 Å². The highest BCUT2D eigenvalue weighted by Gasteiger charge is 2.40. The van der Waals surface area contributed by atoms with Crippen molar-refractivity contribution in [3.05, 3.63) is 53.1 Å². The van der Waals surface area contributed by atoms with Crippen molar-refractivity contribution in [3.8, 4) is 0 Å². The average molecular weight is 496 g/mol. The van der Waals surface area contributed by atoms with Crippen LogP contribution in [0.2, 0.25) is 0 Å². The first kappa shape index (κ1) is 24.0. The molecular weight excluding hydrogens is 462 g/mol. The van der Waals surface area contributed by atoms with E-state index in [-0.39, 0.29) is 35.2 Å². The van der Waals surface area contributed by atoms with Crippen LogP contribution in [-0.2, 0) is 26.0 Å². The van der Waals surface area contributed by atoms with Gasteiger partial charge < -0.3 is 10.2 Å². The van der Waals surface area contributed by atoms with Crippen molar-refractivity contribution in [3.63, 3.8) is 0 Å². The number of carbonyl (C=O) groups is 2. The second kappa shape index (κ2) is 9.06. The summed E-state index contributed by atoms with van der Waals surface area (Å²) < 4.78 is 28.5. The molecular formula is C27H33N3O4S. The molecule has 2 heterocycles. The van der Waals surface area contributed by atoms with E-state index in [1.807, 2.05) is 43.9 Å². The van der Waals surface area contributed by atoms with E-state index >= 15 is 0 Å². The number of nitrogens with one attached hydrogen (secondary N) is 1. The Kier molecular flexibility index (Phi) is 6.21. The van der Waals surface area contributed by atoms with Crippen molar-refractivity contribution < 1.29 is 18.0 Å². The summed E-state index contributed by atoms with van der Waals surface area (Å²) in [5, 5.41) is 3.00. The number of anilines is 2. The van der Waals surface area contributed by atoms with Crippen molar-refractivity contribution in [2.75, 3.05) is 23.3 Å². The quantitative estimate of drug-likeness (QED) is 0.679. The molecule has 0 bridgehead atoms. The molecule has 2 aromatic rings. The fraction of sp³-hybridized carbons (Fsp3) is 0.481. The SMILES string of the molecule is Cc1ccc(C)c(NC(=O)[C@@H]2CCCN(S(=O)(=O)c3ccc4c(c3)C[C@H](C)N4C(=O)C3CC3)C2)c1. The molecule has 2 atom stereocenters. The van der Waals surface area contributed by atoms with Crippen LogP contribution in [0, 0.1) is 25.7 Å². The molecule has 5 rings (SSSR count). The molecule has 1 aliphatic carbocycles. The number of hydrogen-bond acceptors (Lipinski definition) is 4. The van der Waals surface area contributed by atoms with Gasteiger partial charge in [0.2, 0.25) is 21.8 Å². The molecule has 1 N–H and O–H groups in total. The number of nitrogens with zero attached hydrogens (tertiary/aromatic N) is 2. The second-order valence-corrected chi connectivity index (χ2v) is 12.3. The molecule has 3 aliphatic rings. The molecule has 2 fully saturated rings. The van der Waals surface area contributed by atoms with Crippen LogP contribution in [0.5, 0.6) is 0 Å². The zero-order chi connectivity index (χ0) is 24.9. The molecule has 1 saturated heterocycles. The van der Waals surface area contributed by atoms with Gasteiger partial charge in [-0.05, 0) is 93.8 Å². The minimum absolute atomic E-state index is 0.0317. The maximum atomic E-state index is 13.5. The Morgan fingerprint density at radius 2 is 1.77 bits per heavy atom. The Labute approximate surface area is 207 Å². The van der Waals surface area contributed by atoms with Gasteiger partial charge in [0.25, 0.3) is 0 Å². The minimum Gasteiger partial charge on any atom is -0.326 e. The van der Waals surface area contributed by atoms with Crippen LogP contribution in [0.1, 0.15) is 49.3 Å². The monoisotopic (exact) mass is 495 g/mol. The first-order chi connectivity index (χ1) is 16.6. The maximum Gasteiger partial charge on any atom is 0.243 e. The highest BCUT2D eigenvalue weighted by molar-refractivity contribution is 7.89. The molecule has 0 radical (unpaired) electrons. The van der Waals surface area contributed by atoms with Crippen LogP contribution in [0.25, 0.3) is 0 Å². The Bertz CT molecular complexity index is 1290. The van der Waals surface area contributed by atoms with Crippen LogP contribution >= 0.6 is 0 Å². The van der Waals surface area contributed by atoms with E-state index in [0.29, 0.717) is 25.8 Å². The number of sulfonamides is 1. The second-order valence-electron chi connectivity index (χ2n) is 10.3. The minimum atomic E-state index is -3.75. The molecule has 8 heteroatoms. The van der Waals surface area contributed by atoms with Crippen molar-refractivity contribution in [1.29, 1.82) is 0 Å². The lowest BCUT2D eigenvalue weighted by atomic mass is 9.98. The Balaban J connectivity index is 1.32. The first-order valence-corrected chi connectivity index (χ1v) is 13.9.